The van der Waals surface area contributed by atoms with E-state index in [1.54, 1.807) is 18.3 Å². The third-order valence-electron chi connectivity index (χ3n) is 6.46. The van der Waals surface area contributed by atoms with Crippen LogP contribution >= 0.6 is 12.2 Å². The Labute approximate surface area is 216 Å². The molecule has 1 fully saturated rings. The smallest absolute Gasteiger partial charge is 0.174 e. The average Bonchev–Trinajstić information content (AvgIpc) is 3.35. The summed E-state index contributed by atoms with van der Waals surface area (Å²) in [7, 11) is 0. The number of aryl methyl sites for hydroxylation is 1. The molecule has 0 bridgehead atoms. The van der Waals surface area contributed by atoms with Gasteiger partial charge in [0.2, 0.25) is 0 Å². The number of anilines is 1. The Balaban J connectivity index is 1.62. The van der Waals surface area contributed by atoms with E-state index in [-0.39, 0.29) is 24.0 Å². The topological polar surface area (TPSA) is 42.3 Å². The van der Waals surface area contributed by atoms with E-state index in [1.165, 1.54) is 12.1 Å². The van der Waals surface area contributed by atoms with Gasteiger partial charge >= 0.3 is 0 Å². The molecule has 5 rings (SSSR count). The van der Waals surface area contributed by atoms with E-state index in [1.807, 2.05) is 56.3 Å². The fourth-order valence-electron chi connectivity index (χ4n) is 4.98. The van der Waals surface area contributed by atoms with Crippen LogP contribution in [0.2, 0.25) is 0 Å². The Kier molecular flexibility index (Phi) is 6.49. The van der Waals surface area contributed by atoms with Crippen molar-refractivity contribution < 1.29 is 9.13 Å². The maximum Gasteiger partial charge on any atom is 0.174 e. The van der Waals surface area contributed by atoms with E-state index >= 15 is 0 Å². The monoisotopic (exact) mass is 500 g/mol. The molecule has 3 heterocycles. The maximum absolute atomic E-state index is 13.6. The Morgan fingerprint density at radius 1 is 0.972 bits per heavy atom. The molecule has 0 radical (unpaired) electrons. The van der Waals surface area contributed by atoms with E-state index < -0.39 is 0 Å². The molecule has 0 saturated carbocycles. The molecular weight excluding hydrogens is 471 g/mol. The first-order valence-electron chi connectivity index (χ1n) is 12.1. The number of ether oxygens (including phenoxy) is 1. The molecule has 5 nitrogen and oxygen atoms in total. The highest BCUT2D eigenvalue weighted by molar-refractivity contribution is 7.80. The normalized spacial score (nSPS) is 17.5. The standard InChI is InChI=1S/C29H29FN4OS/c1-18(2)35-24-14-12-23(13-15-24)34-28(27(32-29(34)36)26-7-5-6-16-31-26)25-17-19(3)33(20(25)4)22-10-8-21(30)9-11-22/h5-18,27-28H,1-4H3,(H,32,36)/t27-,28+/m1/s1. The summed E-state index contributed by atoms with van der Waals surface area (Å²) >= 11 is 5.88. The number of nitrogens with zero attached hydrogens (tertiary/aromatic N) is 3. The molecule has 7 heteroatoms. The molecule has 2 atom stereocenters. The van der Waals surface area contributed by atoms with Crippen LogP contribution in [0, 0.1) is 19.7 Å². The van der Waals surface area contributed by atoms with Gasteiger partial charge in [-0.1, -0.05) is 6.07 Å². The van der Waals surface area contributed by atoms with Gasteiger partial charge < -0.3 is 19.5 Å². The van der Waals surface area contributed by atoms with E-state index in [0.717, 1.165) is 39.8 Å². The molecule has 36 heavy (non-hydrogen) atoms. The molecule has 2 aromatic carbocycles. The number of rotatable bonds is 6. The second kappa shape index (κ2) is 9.74. The maximum atomic E-state index is 13.6. The van der Waals surface area contributed by atoms with Crippen molar-refractivity contribution in [3.63, 3.8) is 0 Å². The summed E-state index contributed by atoms with van der Waals surface area (Å²) in [5.74, 6) is 0.567. The number of hydrogen-bond donors (Lipinski definition) is 1. The highest BCUT2D eigenvalue weighted by atomic mass is 32.1. The van der Waals surface area contributed by atoms with Crippen molar-refractivity contribution in [2.45, 2.75) is 45.9 Å². The summed E-state index contributed by atoms with van der Waals surface area (Å²) in [6.45, 7) is 8.19. The largest absolute Gasteiger partial charge is 0.491 e. The molecule has 1 aliphatic heterocycles. The summed E-state index contributed by atoms with van der Waals surface area (Å²) in [4.78, 5) is 6.81. The number of pyridine rings is 1. The molecule has 0 spiro atoms. The molecular formula is C29H29FN4OS. The highest BCUT2D eigenvalue weighted by Crippen LogP contribution is 2.44. The minimum atomic E-state index is -0.252. The van der Waals surface area contributed by atoms with Crippen molar-refractivity contribution in [3.05, 3.63) is 107 Å². The first-order valence-corrected chi connectivity index (χ1v) is 12.5. The van der Waals surface area contributed by atoms with Crippen LogP contribution in [0.4, 0.5) is 10.1 Å². The van der Waals surface area contributed by atoms with Gasteiger partial charge in [0.25, 0.3) is 0 Å². The number of hydrogen-bond acceptors (Lipinski definition) is 3. The van der Waals surface area contributed by atoms with Gasteiger partial charge in [-0.3, -0.25) is 4.98 Å². The molecule has 0 aliphatic carbocycles. The van der Waals surface area contributed by atoms with Crippen molar-refractivity contribution in [3.8, 4) is 11.4 Å². The molecule has 0 unspecified atom stereocenters. The first kappa shape index (κ1) is 24.0. The lowest BCUT2D eigenvalue weighted by atomic mass is 9.96. The van der Waals surface area contributed by atoms with Gasteiger partial charge in [-0.25, -0.2) is 4.39 Å². The van der Waals surface area contributed by atoms with Gasteiger partial charge in [0.1, 0.15) is 11.6 Å². The second-order valence-corrected chi connectivity index (χ2v) is 9.68. The zero-order valence-corrected chi connectivity index (χ0v) is 21.6. The van der Waals surface area contributed by atoms with E-state index in [4.69, 9.17) is 17.0 Å². The predicted octanol–water partition coefficient (Wildman–Crippen LogP) is 6.59. The molecule has 2 aromatic heterocycles. The summed E-state index contributed by atoms with van der Waals surface area (Å²) in [5, 5.41) is 4.16. The number of halogens is 1. The minimum absolute atomic E-state index is 0.100. The summed E-state index contributed by atoms with van der Waals surface area (Å²) in [6, 6.07) is 22.5. The van der Waals surface area contributed by atoms with Gasteiger partial charge in [-0.05, 0) is 112 Å². The Bertz CT molecular complexity index is 1370. The van der Waals surface area contributed by atoms with Crippen LogP contribution in [-0.2, 0) is 0 Å². The number of aromatic nitrogens is 2. The Morgan fingerprint density at radius 3 is 2.31 bits per heavy atom. The van der Waals surface area contributed by atoms with Gasteiger partial charge in [0, 0.05) is 29.0 Å². The molecule has 1 aliphatic rings. The predicted molar refractivity (Wildman–Crippen MR) is 145 cm³/mol. The zero-order valence-electron chi connectivity index (χ0n) is 20.8. The molecule has 1 saturated heterocycles. The van der Waals surface area contributed by atoms with Crippen LogP contribution in [-0.4, -0.2) is 20.8 Å². The van der Waals surface area contributed by atoms with E-state index in [9.17, 15) is 4.39 Å². The molecule has 4 aromatic rings. The van der Waals surface area contributed by atoms with Crippen molar-refractivity contribution in [1.82, 2.24) is 14.9 Å². The minimum Gasteiger partial charge on any atom is -0.491 e. The van der Waals surface area contributed by atoms with Crippen molar-refractivity contribution >= 4 is 23.0 Å². The first-order chi connectivity index (χ1) is 17.3. The Morgan fingerprint density at radius 2 is 1.67 bits per heavy atom. The van der Waals surface area contributed by atoms with Gasteiger partial charge in [-0.15, -0.1) is 0 Å². The van der Waals surface area contributed by atoms with Crippen molar-refractivity contribution in [2.75, 3.05) is 4.90 Å². The Hall–Kier alpha value is -3.71. The van der Waals surface area contributed by atoms with Gasteiger partial charge in [0.05, 0.1) is 23.9 Å². The lowest BCUT2D eigenvalue weighted by Crippen LogP contribution is -2.29. The van der Waals surface area contributed by atoms with Crippen LogP contribution in [0.1, 0.15) is 48.6 Å². The number of thiocarbonyl (C=S) groups is 1. The van der Waals surface area contributed by atoms with Crippen LogP contribution < -0.4 is 15.0 Å². The van der Waals surface area contributed by atoms with Crippen LogP contribution in [0.25, 0.3) is 5.69 Å². The van der Waals surface area contributed by atoms with Crippen molar-refractivity contribution in [1.29, 1.82) is 0 Å². The van der Waals surface area contributed by atoms with Crippen LogP contribution in [0.3, 0.4) is 0 Å². The second-order valence-electron chi connectivity index (χ2n) is 9.30. The highest BCUT2D eigenvalue weighted by Gasteiger charge is 2.42. The third-order valence-corrected chi connectivity index (χ3v) is 6.77. The fourth-order valence-corrected chi connectivity index (χ4v) is 5.33. The van der Waals surface area contributed by atoms with Crippen molar-refractivity contribution in [2.24, 2.45) is 0 Å². The number of nitrogens with one attached hydrogen (secondary N) is 1. The molecule has 1 N–H and O–H groups in total. The zero-order chi connectivity index (χ0) is 25.4. The SMILES string of the molecule is Cc1cc([C@H]2[C@@H](c3ccccn3)NC(=S)N2c2ccc(OC(C)C)cc2)c(C)n1-c1ccc(F)cc1. The van der Waals surface area contributed by atoms with E-state index in [0.29, 0.717) is 5.11 Å². The lowest BCUT2D eigenvalue weighted by molar-refractivity contribution is 0.242. The van der Waals surface area contributed by atoms with Gasteiger partial charge in [0.15, 0.2) is 5.11 Å². The summed E-state index contributed by atoms with van der Waals surface area (Å²) in [5.41, 5.74) is 6.07. The summed E-state index contributed by atoms with van der Waals surface area (Å²) < 4.78 is 21.6. The number of benzene rings is 2. The fraction of sp³-hybridized carbons (Fsp3) is 0.241. The van der Waals surface area contributed by atoms with Crippen LogP contribution in [0.15, 0.2) is 79.0 Å². The van der Waals surface area contributed by atoms with E-state index in [2.05, 4.69) is 39.7 Å². The van der Waals surface area contributed by atoms with Crippen LogP contribution in [0.5, 0.6) is 5.75 Å². The molecule has 184 valence electrons. The summed E-state index contributed by atoms with van der Waals surface area (Å²) in [6.07, 6.45) is 1.91. The lowest BCUT2D eigenvalue weighted by Gasteiger charge is -2.28. The average molecular weight is 501 g/mol. The molecule has 0 amide bonds. The van der Waals surface area contributed by atoms with Gasteiger partial charge in [-0.2, -0.15) is 0 Å². The third kappa shape index (κ3) is 4.46. The quantitative estimate of drug-likeness (QED) is 0.303.